The Morgan fingerprint density at radius 1 is 1.36 bits per heavy atom. The highest BCUT2D eigenvalue weighted by Crippen LogP contribution is 2.35. The summed E-state index contributed by atoms with van der Waals surface area (Å²) in [7, 11) is 0. The van der Waals surface area contributed by atoms with Crippen LogP contribution >= 0.6 is 11.8 Å². The van der Waals surface area contributed by atoms with Crippen molar-refractivity contribution in [1.82, 2.24) is 24.7 Å². The van der Waals surface area contributed by atoms with E-state index in [1.54, 1.807) is 42.5 Å². The van der Waals surface area contributed by atoms with E-state index in [4.69, 9.17) is 5.26 Å². The van der Waals surface area contributed by atoms with Crippen LogP contribution in [0.2, 0.25) is 0 Å². The SMILES string of the molecule is C=CCn1c(S[C@H](C)c2cccc(C#N)c2)nnc1-c1cnccn1. The Morgan fingerprint density at radius 3 is 2.96 bits per heavy atom. The first kappa shape index (κ1) is 16.9. The van der Waals surface area contributed by atoms with Gasteiger partial charge in [-0.3, -0.25) is 9.55 Å². The van der Waals surface area contributed by atoms with Gasteiger partial charge < -0.3 is 0 Å². The molecule has 124 valence electrons. The molecule has 2 aromatic heterocycles. The first-order valence-electron chi connectivity index (χ1n) is 7.70. The Morgan fingerprint density at radius 2 is 2.24 bits per heavy atom. The number of hydrogen-bond acceptors (Lipinski definition) is 6. The molecular formula is C18H16N6S. The van der Waals surface area contributed by atoms with Crippen LogP contribution in [0.5, 0.6) is 0 Å². The minimum atomic E-state index is 0.121. The molecule has 0 aliphatic rings. The zero-order valence-electron chi connectivity index (χ0n) is 13.7. The number of nitriles is 1. The van der Waals surface area contributed by atoms with Crippen molar-refractivity contribution in [3.8, 4) is 17.6 Å². The highest BCUT2D eigenvalue weighted by atomic mass is 32.2. The van der Waals surface area contributed by atoms with Crippen LogP contribution in [0.4, 0.5) is 0 Å². The van der Waals surface area contributed by atoms with Crippen molar-refractivity contribution in [2.45, 2.75) is 23.9 Å². The second-order valence-electron chi connectivity index (χ2n) is 5.29. The fourth-order valence-corrected chi connectivity index (χ4v) is 3.34. The molecule has 0 bridgehead atoms. The molecule has 1 atom stereocenters. The molecular weight excluding hydrogens is 332 g/mol. The van der Waals surface area contributed by atoms with Crippen LogP contribution < -0.4 is 0 Å². The van der Waals surface area contributed by atoms with Crippen molar-refractivity contribution >= 4 is 11.8 Å². The van der Waals surface area contributed by atoms with E-state index in [0.29, 0.717) is 23.6 Å². The summed E-state index contributed by atoms with van der Waals surface area (Å²) < 4.78 is 1.96. The van der Waals surface area contributed by atoms with Gasteiger partial charge in [0.25, 0.3) is 0 Å². The number of benzene rings is 1. The Labute approximate surface area is 150 Å². The van der Waals surface area contributed by atoms with E-state index in [0.717, 1.165) is 10.7 Å². The van der Waals surface area contributed by atoms with Gasteiger partial charge in [0, 0.05) is 24.2 Å². The average Bonchev–Trinajstić information content (AvgIpc) is 3.05. The Bertz CT molecular complexity index is 913. The Kier molecular flexibility index (Phi) is 5.21. The van der Waals surface area contributed by atoms with E-state index in [-0.39, 0.29) is 5.25 Å². The van der Waals surface area contributed by atoms with Gasteiger partial charge in [-0.25, -0.2) is 4.98 Å². The highest BCUT2D eigenvalue weighted by molar-refractivity contribution is 7.99. The summed E-state index contributed by atoms with van der Waals surface area (Å²) in [5.74, 6) is 0.661. The van der Waals surface area contributed by atoms with Gasteiger partial charge >= 0.3 is 0 Å². The maximum atomic E-state index is 9.07. The van der Waals surface area contributed by atoms with Gasteiger partial charge in [-0.2, -0.15) is 5.26 Å². The normalized spacial score (nSPS) is 11.7. The molecule has 1 aromatic carbocycles. The molecule has 0 radical (unpaired) electrons. The number of allylic oxidation sites excluding steroid dienone is 1. The maximum Gasteiger partial charge on any atom is 0.192 e. The van der Waals surface area contributed by atoms with Gasteiger partial charge in [0.2, 0.25) is 0 Å². The summed E-state index contributed by atoms with van der Waals surface area (Å²) >= 11 is 1.58. The van der Waals surface area contributed by atoms with Crippen LogP contribution in [0.1, 0.15) is 23.3 Å². The quantitative estimate of drug-likeness (QED) is 0.500. The van der Waals surface area contributed by atoms with Crippen molar-refractivity contribution in [3.05, 3.63) is 66.6 Å². The summed E-state index contributed by atoms with van der Waals surface area (Å²) in [5.41, 5.74) is 2.39. The van der Waals surface area contributed by atoms with Crippen molar-refractivity contribution < 1.29 is 0 Å². The van der Waals surface area contributed by atoms with E-state index in [1.807, 2.05) is 22.8 Å². The van der Waals surface area contributed by atoms with Crippen LogP contribution in [0.3, 0.4) is 0 Å². The molecule has 0 saturated carbocycles. The van der Waals surface area contributed by atoms with E-state index >= 15 is 0 Å². The average molecular weight is 348 g/mol. The number of aromatic nitrogens is 5. The molecule has 6 nitrogen and oxygen atoms in total. The van der Waals surface area contributed by atoms with E-state index in [2.05, 4.69) is 39.7 Å². The van der Waals surface area contributed by atoms with Crippen molar-refractivity contribution in [3.63, 3.8) is 0 Å². The standard InChI is InChI=1S/C18H16N6S/c1-3-9-24-17(16-12-20-7-8-21-16)22-23-18(24)25-13(2)15-6-4-5-14(10-15)11-19/h3-8,10,12-13H,1,9H2,2H3/t13-/m1/s1. The van der Waals surface area contributed by atoms with Crippen LogP contribution in [0, 0.1) is 11.3 Å². The smallest absolute Gasteiger partial charge is 0.192 e. The highest BCUT2D eigenvalue weighted by Gasteiger charge is 2.18. The largest absolute Gasteiger partial charge is 0.297 e. The summed E-state index contributed by atoms with van der Waals surface area (Å²) in [5, 5.41) is 18.6. The molecule has 0 aliphatic carbocycles. The zero-order valence-corrected chi connectivity index (χ0v) is 14.5. The molecule has 3 rings (SSSR count). The Balaban J connectivity index is 1.91. The van der Waals surface area contributed by atoms with Crippen molar-refractivity contribution in [1.29, 1.82) is 5.26 Å². The molecule has 3 aromatic rings. The first-order chi connectivity index (χ1) is 12.2. The predicted octanol–water partition coefficient (Wildman–Crippen LogP) is 3.65. The molecule has 0 saturated heterocycles. The summed E-state index contributed by atoms with van der Waals surface area (Å²) in [6, 6.07) is 9.77. The van der Waals surface area contributed by atoms with Crippen molar-refractivity contribution in [2.24, 2.45) is 0 Å². The van der Waals surface area contributed by atoms with Crippen LogP contribution in [-0.4, -0.2) is 24.7 Å². The van der Waals surface area contributed by atoms with Gasteiger partial charge in [-0.1, -0.05) is 30.0 Å². The number of nitrogens with zero attached hydrogens (tertiary/aromatic N) is 6. The molecule has 0 spiro atoms. The number of hydrogen-bond donors (Lipinski definition) is 0. The lowest BCUT2D eigenvalue weighted by Crippen LogP contribution is -2.02. The fourth-order valence-electron chi connectivity index (χ4n) is 2.36. The zero-order chi connectivity index (χ0) is 17.6. The lowest BCUT2D eigenvalue weighted by atomic mass is 10.1. The number of thioether (sulfide) groups is 1. The van der Waals surface area contributed by atoms with Crippen molar-refractivity contribution in [2.75, 3.05) is 0 Å². The molecule has 0 aliphatic heterocycles. The Hall–Kier alpha value is -2.98. The van der Waals surface area contributed by atoms with Gasteiger partial charge in [0.05, 0.1) is 17.8 Å². The molecule has 0 unspecified atom stereocenters. The predicted molar refractivity (Wildman–Crippen MR) is 96.7 cm³/mol. The minimum absolute atomic E-state index is 0.121. The first-order valence-corrected chi connectivity index (χ1v) is 8.58. The number of rotatable bonds is 6. The van der Waals surface area contributed by atoms with E-state index in [1.165, 1.54) is 0 Å². The van der Waals surface area contributed by atoms with Gasteiger partial charge in [0.15, 0.2) is 11.0 Å². The van der Waals surface area contributed by atoms with Crippen LogP contribution in [0.15, 0.2) is 60.7 Å². The van der Waals surface area contributed by atoms with E-state index in [9.17, 15) is 0 Å². The fraction of sp³-hybridized carbons (Fsp3) is 0.167. The molecule has 0 N–H and O–H groups in total. The van der Waals surface area contributed by atoms with Gasteiger partial charge in [0.1, 0.15) is 5.69 Å². The molecule has 25 heavy (non-hydrogen) atoms. The minimum Gasteiger partial charge on any atom is -0.297 e. The lowest BCUT2D eigenvalue weighted by molar-refractivity contribution is 0.727. The third-order valence-corrected chi connectivity index (χ3v) is 4.73. The third-order valence-electron chi connectivity index (χ3n) is 3.59. The lowest BCUT2D eigenvalue weighted by Gasteiger charge is -2.12. The summed E-state index contributed by atoms with van der Waals surface area (Å²) in [6.45, 7) is 6.47. The molecule has 2 heterocycles. The second kappa shape index (κ2) is 7.73. The van der Waals surface area contributed by atoms with E-state index < -0.39 is 0 Å². The second-order valence-corrected chi connectivity index (χ2v) is 6.60. The maximum absolute atomic E-state index is 9.07. The van der Waals surface area contributed by atoms with Crippen LogP contribution in [0.25, 0.3) is 11.5 Å². The topological polar surface area (TPSA) is 80.3 Å². The monoisotopic (exact) mass is 348 g/mol. The van der Waals surface area contributed by atoms with Gasteiger partial charge in [-0.05, 0) is 24.6 Å². The molecule has 0 fully saturated rings. The third kappa shape index (κ3) is 3.75. The molecule has 0 amide bonds. The van der Waals surface area contributed by atoms with Crippen LogP contribution in [-0.2, 0) is 6.54 Å². The summed E-state index contributed by atoms with van der Waals surface area (Å²) in [4.78, 5) is 8.39. The van der Waals surface area contributed by atoms with Gasteiger partial charge in [-0.15, -0.1) is 16.8 Å². The molecule has 7 heteroatoms. The summed E-state index contributed by atoms with van der Waals surface area (Å²) in [6.07, 6.45) is 6.72.